The molecule has 0 spiro atoms. The van der Waals surface area contributed by atoms with E-state index in [0.717, 1.165) is 12.8 Å². The molecule has 0 aromatic carbocycles. The summed E-state index contributed by atoms with van der Waals surface area (Å²) in [5.41, 5.74) is -0.787. The molecule has 0 aliphatic carbocycles. The van der Waals surface area contributed by atoms with Crippen LogP contribution in [-0.2, 0) is 28.4 Å². The lowest BCUT2D eigenvalue weighted by atomic mass is 9.76. The van der Waals surface area contributed by atoms with E-state index in [9.17, 15) is 0 Å². The van der Waals surface area contributed by atoms with Crippen molar-refractivity contribution in [3.63, 3.8) is 0 Å². The minimum absolute atomic E-state index is 0.393. The Hall–Kier alpha value is -1.80. The Bertz CT molecular complexity index is 449. The minimum Gasteiger partial charge on any atom is -0.377 e. The summed E-state index contributed by atoms with van der Waals surface area (Å²) >= 11 is 0. The molecule has 0 aromatic heterocycles. The lowest BCUT2D eigenvalue weighted by Crippen LogP contribution is -2.43. The van der Waals surface area contributed by atoms with Crippen molar-refractivity contribution in [1.82, 2.24) is 0 Å². The van der Waals surface area contributed by atoms with Crippen molar-refractivity contribution in [2.24, 2.45) is 10.8 Å². The molecule has 0 saturated heterocycles. The normalized spacial score (nSPS) is 11.6. The van der Waals surface area contributed by atoms with E-state index < -0.39 is 10.8 Å². The Morgan fingerprint density at radius 3 is 0.676 bits per heavy atom. The van der Waals surface area contributed by atoms with Crippen LogP contribution in [0.25, 0.3) is 0 Å². The molecular formula is C28H46O6. The van der Waals surface area contributed by atoms with Gasteiger partial charge in [0.05, 0.1) is 79.3 Å². The van der Waals surface area contributed by atoms with Crippen molar-refractivity contribution in [1.29, 1.82) is 0 Å². The van der Waals surface area contributed by atoms with Gasteiger partial charge in [-0.25, -0.2) is 0 Å². The van der Waals surface area contributed by atoms with Gasteiger partial charge in [-0.05, 0) is 12.8 Å². The van der Waals surface area contributed by atoms with Gasteiger partial charge in [0.1, 0.15) is 0 Å². The molecule has 34 heavy (non-hydrogen) atoms. The van der Waals surface area contributed by atoms with Gasteiger partial charge in [-0.1, -0.05) is 36.5 Å². The van der Waals surface area contributed by atoms with E-state index in [1.807, 2.05) is 0 Å². The maximum atomic E-state index is 5.91. The summed E-state index contributed by atoms with van der Waals surface area (Å²) in [6.45, 7) is 27.9. The molecule has 0 saturated carbocycles. The van der Waals surface area contributed by atoms with E-state index in [1.165, 1.54) is 0 Å². The summed E-state index contributed by atoms with van der Waals surface area (Å²) in [6, 6.07) is 0. The molecule has 0 rings (SSSR count). The smallest absolute Gasteiger partial charge is 0.0645 e. The van der Waals surface area contributed by atoms with Crippen molar-refractivity contribution in [2.45, 2.75) is 12.8 Å². The third-order valence-corrected chi connectivity index (χ3v) is 5.05. The van der Waals surface area contributed by atoms with Crippen LogP contribution in [0.4, 0.5) is 0 Å². The zero-order valence-electron chi connectivity index (χ0n) is 21.1. The van der Waals surface area contributed by atoms with Gasteiger partial charge in [0, 0.05) is 10.8 Å². The second-order valence-corrected chi connectivity index (χ2v) is 8.32. The van der Waals surface area contributed by atoms with Gasteiger partial charge >= 0.3 is 0 Å². The maximum Gasteiger partial charge on any atom is 0.0645 e. The van der Waals surface area contributed by atoms with Gasteiger partial charge in [-0.15, -0.1) is 39.5 Å². The highest BCUT2D eigenvalue weighted by Crippen LogP contribution is 2.35. The Balaban J connectivity index is 5.80. The Kier molecular flexibility index (Phi) is 20.6. The van der Waals surface area contributed by atoms with Gasteiger partial charge in [0.25, 0.3) is 0 Å². The van der Waals surface area contributed by atoms with E-state index in [1.54, 1.807) is 36.5 Å². The van der Waals surface area contributed by atoms with Crippen LogP contribution in [-0.4, -0.2) is 79.3 Å². The molecule has 0 aliphatic heterocycles. The SMILES string of the molecule is C=CCOCC(CCC(COCC=C)(COCC=C)COCC=C)(COCC=C)COCC=C. The molecule has 0 aromatic rings. The first-order valence-electron chi connectivity index (χ1n) is 11.7. The lowest BCUT2D eigenvalue weighted by Gasteiger charge is -2.39. The third-order valence-electron chi connectivity index (χ3n) is 5.05. The minimum atomic E-state index is -0.393. The second kappa shape index (κ2) is 21.7. The van der Waals surface area contributed by atoms with Crippen LogP contribution in [0, 0.1) is 10.8 Å². The highest BCUT2D eigenvalue weighted by atomic mass is 16.5. The fraction of sp³-hybridized carbons (Fsp3) is 0.571. The molecule has 6 heteroatoms. The highest BCUT2D eigenvalue weighted by Gasteiger charge is 2.38. The van der Waals surface area contributed by atoms with Gasteiger partial charge in [0.15, 0.2) is 0 Å². The summed E-state index contributed by atoms with van der Waals surface area (Å²) in [4.78, 5) is 0. The predicted molar refractivity (Wildman–Crippen MR) is 140 cm³/mol. The molecule has 0 bridgehead atoms. The van der Waals surface area contributed by atoms with Crippen LogP contribution < -0.4 is 0 Å². The summed E-state index contributed by atoms with van der Waals surface area (Å²) < 4.78 is 35.4. The van der Waals surface area contributed by atoms with Crippen LogP contribution in [0.2, 0.25) is 0 Å². The lowest BCUT2D eigenvalue weighted by molar-refractivity contribution is -0.0929. The largest absolute Gasteiger partial charge is 0.377 e. The number of rotatable bonds is 27. The zero-order valence-corrected chi connectivity index (χ0v) is 21.1. The molecule has 194 valence electrons. The summed E-state index contributed by atoms with van der Waals surface area (Å²) in [6.07, 6.45) is 11.9. The first-order chi connectivity index (χ1) is 16.6. The highest BCUT2D eigenvalue weighted by molar-refractivity contribution is 4.88. The van der Waals surface area contributed by atoms with Crippen LogP contribution in [0.3, 0.4) is 0 Å². The van der Waals surface area contributed by atoms with Crippen LogP contribution in [0.1, 0.15) is 12.8 Å². The van der Waals surface area contributed by atoms with E-state index in [0.29, 0.717) is 79.3 Å². The average molecular weight is 479 g/mol. The van der Waals surface area contributed by atoms with Crippen molar-refractivity contribution in [2.75, 3.05) is 79.3 Å². The monoisotopic (exact) mass is 478 g/mol. The molecule has 0 fully saturated rings. The summed E-state index contributed by atoms with van der Waals surface area (Å²) in [5.74, 6) is 0. The van der Waals surface area contributed by atoms with Crippen molar-refractivity contribution in [3.05, 3.63) is 75.9 Å². The van der Waals surface area contributed by atoms with E-state index in [-0.39, 0.29) is 0 Å². The Labute approximate surface area is 207 Å². The molecule has 0 amide bonds. The van der Waals surface area contributed by atoms with Crippen LogP contribution in [0.15, 0.2) is 75.9 Å². The molecule has 0 atom stereocenters. The number of ether oxygens (including phenoxy) is 6. The fourth-order valence-corrected chi connectivity index (χ4v) is 3.37. The van der Waals surface area contributed by atoms with Crippen molar-refractivity contribution < 1.29 is 28.4 Å². The standard InChI is InChI=1S/C28H46O6/c1-7-15-29-21-27(22-30-16-8-2,23-31-17-9-3)13-14-28(24-32-18-10-4,25-33-19-11-5)26-34-20-12-6/h7-12H,1-6,13-26H2. The molecular weight excluding hydrogens is 432 g/mol. The van der Waals surface area contributed by atoms with E-state index >= 15 is 0 Å². The van der Waals surface area contributed by atoms with Gasteiger partial charge in [0.2, 0.25) is 0 Å². The number of hydrogen-bond donors (Lipinski definition) is 0. The van der Waals surface area contributed by atoms with Gasteiger partial charge in [-0.3, -0.25) is 0 Å². The van der Waals surface area contributed by atoms with E-state index in [4.69, 9.17) is 28.4 Å². The molecule has 0 heterocycles. The van der Waals surface area contributed by atoms with Gasteiger partial charge in [-0.2, -0.15) is 0 Å². The summed E-state index contributed by atoms with van der Waals surface area (Å²) in [5, 5.41) is 0. The quantitative estimate of drug-likeness (QED) is 0.123. The third kappa shape index (κ3) is 15.2. The first-order valence-corrected chi connectivity index (χ1v) is 11.7. The van der Waals surface area contributed by atoms with Gasteiger partial charge < -0.3 is 28.4 Å². The fourth-order valence-electron chi connectivity index (χ4n) is 3.37. The maximum absolute atomic E-state index is 5.91. The Morgan fingerprint density at radius 1 is 0.353 bits per heavy atom. The van der Waals surface area contributed by atoms with Crippen molar-refractivity contribution >= 4 is 0 Å². The summed E-state index contributed by atoms with van der Waals surface area (Å²) in [7, 11) is 0. The van der Waals surface area contributed by atoms with Crippen LogP contribution in [0.5, 0.6) is 0 Å². The molecule has 0 N–H and O–H groups in total. The van der Waals surface area contributed by atoms with Crippen molar-refractivity contribution in [3.8, 4) is 0 Å². The molecule has 0 radical (unpaired) electrons. The second-order valence-electron chi connectivity index (χ2n) is 8.32. The predicted octanol–water partition coefficient (Wildman–Crippen LogP) is 4.96. The topological polar surface area (TPSA) is 55.4 Å². The zero-order chi connectivity index (χ0) is 25.4. The molecule has 0 unspecified atom stereocenters. The first kappa shape index (κ1) is 32.2. The van der Waals surface area contributed by atoms with E-state index in [2.05, 4.69) is 39.5 Å². The number of hydrogen-bond acceptors (Lipinski definition) is 6. The average Bonchev–Trinajstić information content (AvgIpc) is 2.83. The van der Waals surface area contributed by atoms with Crippen LogP contribution >= 0.6 is 0 Å². The Morgan fingerprint density at radius 2 is 0.529 bits per heavy atom. The molecule has 6 nitrogen and oxygen atoms in total. The molecule has 0 aliphatic rings.